The summed E-state index contributed by atoms with van der Waals surface area (Å²) >= 11 is 0. The molecule has 13 heavy (non-hydrogen) atoms. The molecule has 1 saturated heterocycles. The molecule has 0 aliphatic carbocycles. The summed E-state index contributed by atoms with van der Waals surface area (Å²) in [6.45, 7) is 1.38. The Morgan fingerprint density at radius 1 is 1.31 bits per heavy atom. The third-order valence-corrected chi connectivity index (χ3v) is 2.60. The molecule has 1 aromatic heterocycles. The molecule has 2 heterocycles. The number of rotatable bonds is 1. The highest BCUT2D eigenvalue weighted by atomic mass is 16.5. The van der Waals surface area contributed by atoms with Crippen molar-refractivity contribution in [1.82, 2.24) is 0 Å². The zero-order valence-corrected chi connectivity index (χ0v) is 7.53. The van der Waals surface area contributed by atoms with Crippen LogP contribution in [0, 0.1) is 0 Å². The molecule has 3 heteroatoms. The summed E-state index contributed by atoms with van der Waals surface area (Å²) in [5.41, 5.74) is 0.141. The minimum absolute atomic E-state index is 0.627. The van der Waals surface area contributed by atoms with Gasteiger partial charge in [-0.3, -0.25) is 0 Å². The fourth-order valence-electron chi connectivity index (χ4n) is 1.75. The highest BCUT2D eigenvalue weighted by Gasteiger charge is 2.31. The van der Waals surface area contributed by atoms with E-state index < -0.39 is 5.60 Å². The molecule has 72 valence electrons. The monoisotopic (exact) mass is 182 g/mol. The van der Waals surface area contributed by atoms with Gasteiger partial charge in [0, 0.05) is 25.2 Å². The summed E-state index contributed by atoms with van der Waals surface area (Å²) in [4.78, 5) is 0. The van der Waals surface area contributed by atoms with Crippen molar-refractivity contribution in [2.24, 2.45) is 0 Å². The van der Waals surface area contributed by atoms with Crippen LogP contribution >= 0.6 is 0 Å². The van der Waals surface area contributed by atoms with Gasteiger partial charge in [0.15, 0.2) is 0 Å². The number of aliphatic hydroxyl groups is 1. The summed E-state index contributed by atoms with van der Waals surface area (Å²) in [7, 11) is 0. The average molecular weight is 182 g/mol. The molecule has 1 fully saturated rings. The van der Waals surface area contributed by atoms with Crippen LogP contribution in [0.4, 0.5) is 0 Å². The third-order valence-electron chi connectivity index (χ3n) is 2.60. The lowest BCUT2D eigenvalue weighted by Gasteiger charge is -2.24. The SMILES string of the molecule is OC1(c2ccoc2)CCCOCC1. The van der Waals surface area contributed by atoms with Crippen LogP contribution in [0.3, 0.4) is 0 Å². The quantitative estimate of drug-likeness (QED) is 0.718. The summed E-state index contributed by atoms with van der Waals surface area (Å²) in [5.74, 6) is 0. The maximum Gasteiger partial charge on any atom is 0.0963 e. The van der Waals surface area contributed by atoms with Gasteiger partial charge in [0.25, 0.3) is 0 Å². The van der Waals surface area contributed by atoms with Crippen LogP contribution in [0.5, 0.6) is 0 Å². The average Bonchev–Trinajstić information content (AvgIpc) is 2.57. The first-order valence-electron chi connectivity index (χ1n) is 4.64. The molecule has 1 aliphatic heterocycles. The highest BCUT2D eigenvalue weighted by Crippen LogP contribution is 2.32. The Morgan fingerprint density at radius 2 is 2.23 bits per heavy atom. The van der Waals surface area contributed by atoms with Crippen molar-refractivity contribution in [1.29, 1.82) is 0 Å². The summed E-state index contributed by atoms with van der Waals surface area (Å²) in [5, 5.41) is 10.3. The van der Waals surface area contributed by atoms with Gasteiger partial charge in [0.05, 0.1) is 18.1 Å². The maximum atomic E-state index is 10.3. The van der Waals surface area contributed by atoms with E-state index in [4.69, 9.17) is 9.15 Å². The molecule has 2 rings (SSSR count). The second kappa shape index (κ2) is 3.52. The third kappa shape index (κ3) is 1.76. The number of furan rings is 1. The molecule has 1 atom stereocenters. The largest absolute Gasteiger partial charge is 0.472 e. The molecule has 1 aromatic rings. The fourth-order valence-corrected chi connectivity index (χ4v) is 1.75. The van der Waals surface area contributed by atoms with Crippen LogP contribution in [-0.2, 0) is 10.3 Å². The molecule has 0 bridgehead atoms. The second-order valence-corrected chi connectivity index (χ2v) is 3.51. The second-order valence-electron chi connectivity index (χ2n) is 3.51. The van der Waals surface area contributed by atoms with Gasteiger partial charge in [-0.15, -0.1) is 0 Å². The van der Waals surface area contributed by atoms with Crippen molar-refractivity contribution in [3.8, 4) is 0 Å². The van der Waals surface area contributed by atoms with E-state index in [1.165, 1.54) is 0 Å². The van der Waals surface area contributed by atoms with Gasteiger partial charge in [-0.1, -0.05) is 0 Å². The molecule has 0 aromatic carbocycles. The Morgan fingerprint density at radius 3 is 3.00 bits per heavy atom. The minimum atomic E-state index is -0.733. The van der Waals surface area contributed by atoms with Crippen molar-refractivity contribution in [2.45, 2.75) is 24.9 Å². The number of hydrogen-bond donors (Lipinski definition) is 1. The lowest BCUT2D eigenvalue weighted by atomic mass is 9.89. The lowest BCUT2D eigenvalue weighted by molar-refractivity contribution is 0.0139. The highest BCUT2D eigenvalue weighted by molar-refractivity contribution is 5.16. The topological polar surface area (TPSA) is 42.6 Å². The molecule has 0 amide bonds. The molecule has 1 aliphatic rings. The zero-order valence-electron chi connectivity index (χ0n) is 7.53. The van der Waals surface area contributed by atoms with Gasteiger partial charge in [-0.25, -0.2) is 0 Å². The molecule has 0 saturated carbocycles. The van der Waals surface area contributed by atoms with Crippen molar-refractivity contribution in [3.05, 3.63) is 24.2 Å². The fraction of sp³-hybridized carbons (Fsp3) is 0.600. The predicted molar refractivity (Wildman–Crippen MR) is 47.3 cm³/mol. The van der Waals surface area contributed by atoms with Crippen LogP contribution in [0.2, 0.25) is 0 Å². The van der Waals surface area contributed by atoms with Crippen molar-refractivity contribution >= 4 is 0 Å². The van der Waals surface area contributed by atoms with Crippen molar-refractivity contribution < 1.29 is 14.3 Å². The molecule has 1 N–H and O–H groups in total. The van der Waals surface area contributed by atoms with Crippen molar-refractivity contribution in [3.63, 3.8) is 0 Å². The minimum Gasteiger partial charge on any atom is -0.472 e. The van der Waals surface area contributed by atoms with E-state index in [0.717, 1.165) is 25.0 Å². The molecule has 3 nitrogen and oxygen atoms in total. The standard InChI is InChI=1S/C10H14O3/c11-10(9-2-6-13-8-9)3-1-5-12-7-4-10/h2,6,8,11H,1,3-5,7H2. The van der Waals surface area contributed by atoms with Gasteiger partial charge in [0.2, 0.25) is 0 Å². The number of hydrogen-bond acceptors (Lipinski definition) is 3. The molecule has 0 radical (unpaired) electrons. The first-order valence-corrected chi connectivity index (χ1v) is 4.64. The van der Waals surface area contributed by atoms with E-state index in [9.17, 15) is 5.11 Å². The first-order chi connectivity index (χ1) is 6.31. The van der Waals surface area contributed by atoms with Gasteiger partial charge in [0.1, 0.15) is 0 Å². The molecular formula is C10H14O3. The van der Waals surface area contributed by atoms with E-state index in [1.54, 1.807) is 12.5 Å². The van der Waals surface area contributed by atoms with E-state index in [0.29, 0.717) is 13.0 Å². The Labute approximate surface area is 77.3 Å². The van der Waals surface area contributed by atoms with Crippen LogP contribution in [-0.4, -0.2) is 18.3 Å². The Balaban J connectivity index is 2.17. The predicted octanol–water partition coefficient (Wildman–Crippen LogP) is 1.67. The van der Waals surface area contributed by atoms with Gasteiger partial charge < -0.3 is 14.3 Å². The van der Waals surface area contributed by atoms with Crippen LogP contribution < -0.4 is 0 Å². The Kier molecular flexibility index (Phi) is 2.38. The van der Waals surface area contributed by atoms with E-state index in [1.807, 2.05) is 6.07 Å². The molecule has 0 spiro atoms. The molecule has 1 unspecified atom stereocenters. The van der Waals surface area contributed by atoms with Gasteiger partial charge in [-0.05, 0) is 18.9 Å². The maximum absolute atomic E-state index is 10.3. The van der Waals surface area contributed by atoms with Crippen LogP contribution in [0.25, 0.3) is 0 Å². The van der Waals surface area contributed by atoms with Crippen LogP contribution in [0.1, 0.15) is 24.8 Å². The Hall–Kier alpha value is -0.800. The van der Waals surface area contributed by atoms with E-state index in [-0.39, 0.29) is 0 Å². The van der Waals surface area contributed by atoms with Crippen LogP contribution in [0.15, 0.2) is 23.0 Å². The van der Waals surface area contributed by atoms with Gasteiger partial charge >= 0.3 is 0 Å². The first kappa shape index (κ1) is 8.78. The Bertz CT molecular complexity index is 245. The summed E-state index contributed by atoms with van der Waals surface area (Å²) in [6.07, 6.45) is 5.53. The smallest absolute Gasteiger partial charge is 0.0963 e. The van der Waals surface area contributed by atoms with Crippen molar-refractivity contribution in [2.75, 3.05) is 13.2 Å². The normalized spacial score (nSPS) is 29.9. The molecular weight excluding hydrogens is 168 g/mol. The number of ether oxygens (including phenoxy) is 1. The zero-order chi connectivity index (χ0) is 9.15. The van der Waals surface area contributed by atoms with Gasteiger partial charge in [-0.2, -0.15) is 0 Å². The lowest BCUT2D eigenvalue weighted by Crippen LogP contribution is -2.25. The van der Waals surface area contributed by atoms with E-state index >= 15 is 0 Å². The summed E-state index contributed by atoms with van der Waals surface area (Å²) < 4.78 is 10.3. The van der Waals surface area contributed by atoms with E-state index in [2.05, 4.69) is 0 Å². The summed E-state index contributed by atoms with van der Waals surface area (Å²) in [6, 6.07) is 1.82.